The van der Waals surface area contributed by atoms with E-state index in [2.05, 4.69) is 43.1 Å². The quantitative estimate of drug-likeness (QED) is 0.0306. The number of ether oxygens (including phenoxy) is 3. The Balaban J connectivity index is 2.25. The van der Waals surface area contributed by atoms with Gasteiger partial charge in [0.2, 0.25) is 0 Å². The zero-order chi connectivity index (χ0) is 36.2. The van der Waals surface area contributed by atoms with Crippen molar-refractivity contribution < 1.29 is 28.6 Å². The van der Waals surface area contributed by atoms with Gasteiger partial charge in [-0.15, -0.1) is 0 Å². The van der Waals surface area contributed by atoms with E-state index in [4.69, 9.17) is 14.2 Å². The molecule has 284 valence electrons. The lowest BCUT2D eigenvalue weighted by Gasteiger charge is -2.18. The summed E-state index contributed by atoms with van der Waals surface area (Å²) in [6.45, 7) is 4.17. The summed E-state index contributed by atoms with van der Waals surface area (Å²) in [4.78, 5) is 41.4. The maximum atomic E-state index is 12.6. The van der Waals surface area contributed by atoms with E-state index in [0.29, 0.717) is 12.0 Å². The number of nitrogens with zero attached hydrogens (tertiary/aromatic N) is 1. The van der Waals surface area contributed by atoms with Gasteiger partial charge in [-0.1, -0.05) is 147 Å². The minimum atomic E-state index is -0.850. The van der Waals surface area contributed by atoms with E-state index in [0.717, 1.165) is 64.2 Å². The fourth-order valence-electron chi connectivity index (χ4n) is 5.72. The molecule has 0 saturated carbocycles. The van der Waals surface area contributed by atoms with Gasteiger partial charge in [-0.25, -0.2) is 4.79 Å². The van der Waals surface area contributed by atoms with Crippen molar-refractivity contribution in [1.82, 2.24) is 4.98 Å². The van der Waals surface area contributed by atoms with Crippen LogP contribution in [0.2, 0.25) is 0 Å². The Morgan fingerprint density at radius 3 is 1.64 bits per heavy atom. The molecule has 0 fully saturated rings. The summed E-state index contributed by atoms with van der Waals surface area (Å²) in [5.74, 6) is -1.25. The van der Waals surface area contributed by atoms with Gasteiger partial charge >= 0.3 is 17.9 Å². The highest BCUT2D eigenvalue weighted by Crippen LogP contribution is 2.14. The van der Waals surface area contributed by atoms with Crippen molar-refractivity contribution in [2.75, 3.05) is 13.2 Å². The molecule has 0 bridgehead atoms. The first-order valence-corrected chi connectivity index (χ1v) is 20.3. The molecule has 0 aliphatic rings. The number of hydrogen-bond donors (Lipinski definition) is 0. The van der Waals surface area contributed by atoms with Gasteiger partial charge in [0.15, 0.2) is 6.10 Å². The highest BCUT2D eigenvalue weighted by Gasteiger charge is 2.20. The predicted molar refractivity (Wildman–Crippen MR) is 205 cm³/mol. The van der Waals surface area contributed by atoms with Crippen LogP contribution < -0.4 is 0 Å². The van der Waals surface area contributed by atoms with Crippen LogP contribution in [0, 0.1) is 0 Å². The molecule has 1 rings (SSSR count). The Morgan fingerprint density at radius 2 is 1.08 bits per heavy atom. The van der Waals surface area contributed by atoms with E-state index in [1.807, 2.05) is 0 Å². The average molecular weight is 698 g/mol. The normalized spacial score (nSPS) is 12.0. The van der Waals surface area contributed by atoms with Crippen LogP contribution in [-0.4, -0.2) is 42.2 Å². The number of carbonyl (C=O) groups excluding carboxylic acids is 3. The van der Waals surface area contributed by atoms with Gasteiger partial charge in [0, 0.05) is 25.2 Å². The number of aromatic nitrogens is 1. The Kier molecular flexibility index (Phi) is 31.1. The van der Waals surface area contributed by atoms with Crippen molar-refractivity contribution in [1.29, 1.82) is 0 Å². The second-order valence-electron chi connectivity index (χ2n) is 13.6. The number of carbonyl (C=O) groups is 3. The fourth-order valence-corrected chi connectivity index (χ4v) is 5.72. The maximum absolute atomic E-state index is 12.6. The summed E-state index contributed by atoms with van der Waals surface area (Å²) < 4.78 is 16.4. The summed E-state index contributed by atoms with van der Waals surface area (Å²) in [7, 11) is 0. The zero-order valence-corrected chi connectivity index (χ0v) is 31.9. The number of hydrogen-bond acceptors (Lipinski definition) is 7. The molecule has 7 nitrogen and oxygen atoms in total. The topological polar surface area (TPSA) is 91.8 Å². The first kappa shape index (κ1) is 45.1. The molecule has 0 N–H and O–H groups in total. The van der Waals surface area contributed by atoms with Crippen LogP contribution in [0.5, 0.6) is 0 Å². The van der Waals surface area contributed by atoms with Gasteiger partial charge in [0.05, 0.1) is 5.56 Å². The molecular formula is C43H71NO6. The molecule has 0 aliphatic heterocycles. The highest BCUT2D eigenvalue weighted by atomic mass is 16.6. The van der Waals surface area contributed by atoms with Gasteiger partial charge in [-0.3, -0.25) is 14.6 Å². The smallest absolute Gasteiger partial charge is 0.339 e. The van der Waals surface area contributed by atoms with Crippen LogP contribution in [0.25, 0.3) is 0 Å². The molecule has 1 aromatic heterocycles. The summed E-state index contributed by atoms with van der Waals surface area (Å²) in [5, 5.41) is 0. The fraction of sp³-hybridized carbons (Fsp3) is 0.721. The van der Waals surface area contributed by atoms with Crippen molar-refractivity contribution in [3.63, 3.8) is 0 Å². The van der Waals surface area contributed by atoms with E-state index in [-0.39, 0.29) is 31.6 Å². The lowest BCUT2D eigenvalue weighted by atomic mass is 10.0. The van der Waals surface area contributed by atoms with Gasteiger partial charge in [0.25, 0.3) is 0 Å². The Labute approximate surface area is 305 Å². The number of pyridine rings is 1. The minimum absolute atomic E-state index is 0.133. The second-order valence-corrected chi connectivity index (χ2v) is 13.6. The van der Waals surface area contributed by atoms with Crippen LogP contribution in [0.3, 0.4) is 0 Å². The first-order chi connectivity index (χ1) is 24.6. The molecule has 0 radical (unpaired) electrons. The van der Waals surface area contributed by atoms with Crippen molar-refractivity contribution in [3.05, 3.63) is 54.4 Å². The number of unbranched alkanes of at least 4 members (excludes halogenated alkanes) is 20. The monoisotopic (exact) mass is 698 g/mol. The van der Waals surface area contributed by atoms with Crippen molar-refractivity contribution in [3.8, 4) is 0 Å². The first-order valence-electron chi connectivity index (χ1n) is 20.3. The van der Waals surface area contributed by atoms with E-state index in [1.165, 1.54) is 96.1 Å². The number of allylic oxidation sites excluding steroid dienone is 4. The molecule has 0 amide bonds. The van der Waals surface area contributed by atoms with E-state index in [9.17, 15) is 14.4 Å². The zero-order valence-electron chi connectivity index (χ0n) is 31.9. The SMILES string of the molecule is CCCCC/C=C\C/C=C\CCCCCCCC(=O)O[C@H](COC(=O)CCCCCCCCCCCCCCC)COC(=O)c1cccnc1. The third kappa shape index (κ3) is 28.8. The number of esters is 3. The molecule has 50 heavy (non-hydrogen) atoms. The predicted octanol–water partition coefficient (Wildman–Crippen LogP) is 12.0. The Hall–Kier alpha value is -2.96. The Bertz CT molecular complexity index is 1010. The molecule has 0 aromatic carbocycles. The van der Waals surface area contributed by atoms with Crippen molar-refractivity contribution in [2.45, 2.75) is 187 Å². The van der Waals surface area contributed by atoms with Crippen LogP contribution in [0.4, 0.5) is 0 Å². The molecule has 0 spiro atoms. The Morgan fingerprint density at radius 1 is 0.600 bits per heavy atom. The van der Waals surface area contributed by atoms with Gasteiger partial charge in [-0.2, -0.15) is 0 Å². The van der Waals surface area contributed by atoms with Crippen LogP contribution >= 0.6 is 0 Å². The molecular weight excluding hydrogens is 626 g/mol. The lowest BCUT2D eigenvalue weighted by Crippen LogP contribution is -2.31. The van der Waals surface area contributed by atoms with Gasteiger partial charge in [-0.05, 0) is 57.1 Å². The molecule has 0 unspecified atom stereocenters. The van der Waals surface area contributed by atoms with Crippen molar-refractivity contribution >= 4 is 17.9 Å². The van der Waals surface area contributed by atoms with Gasteiger partial charge < -0.3 is 14.2 Å². The summed E-state index contributed by atoms with van der Waals surface area (Å²) in [6.07, 6.45) is 40.1. The minimum Gasteiger partial charge on any atom is -0.462 e. The standard InChI is InChI=1S/C43H71NO6/c1-3-5-7-9-11-13-15-17-18-20-22-24-26-28-30-34-42(46)50-40(38-49-43(47)39-32-31-35-44-36-39)37-48-41(45)33-29-27-25-23-21-19-16-14-12-10-8-6-4-2/h11,13,17-18,31-32,35-36,40H,3-10,12,14-16,19-30,33-34,37-38H2,1-2H3/b13-11-,18-17-/t40-/m1/s1. The van der Waals surface area contributed by atoms with E-state index >= 15 is 0 Å². The molecule has 0 saturated heterocycles. The van der Waals surface area contributed by atoms with Crippen LogP contribution in [0.1, 0.15) is 191 Å². The molecule has 7 heteroatoms. The third-order valence-electron chi connectivity index (χ3n) is 8.84. The van der Waals surface area contributed by atoms with E-state index in [1.54, 1.807) is 18.3 Å². The molecule has 1 atom stereocenters. The maximum Gasteiger partial charge on any atom is 0.339 e. The largest absolute Gasteiger partial charge is 0.462 e. The van der Waals surface area contributed by atoms with Crippen LogP contribution in [-0.2, 0) is 23.8 Å². The molecule has 0 aliphatic carbocycles. The lowest BCUT2D eigenvalue weighted by molar-refractivity contribution is -0.161. The second kappa shape index (κ2) is 34.5. The summed E-state index contributed by atoms with van der Waals surface area (Å²) >= 11 is 0. The molecule has 1 aromatic rings. The van der Waals surface area contributed by atoms with Crippen LogP contribution in [0.15, 0.2) is 48.8 Å². The summed E-state index contributed by atoms with van der Waals surface area (Å²) in [6, 6.07) is 3.26. The average Bonchev–Trinajstić information content (AvgIpc) is 3.13. The van der Waals surface area contributed by atoms with Crippen molar-refractivity contribution in [2.24, 2.45) is 0 Å². The highest BCUT2D eigenvalue weighted by molar-refractivity contribution is 5.88. The van der Waals surface area contributed by atoms with Gasteiger partial charge in [0.1, 0.15) is 13.2 Å². The number of rotatable bonds is 34. The summed E-state index contributed by atoms with van der Waals surface area (Å²) in [5.41, 5.74) is 0.308. The van der Waals surface area contributed by atoms with E-state index < -0.39 is 12.1 Å². The third-order valence-corrected chi connectivity index (χ3v) is 8.84. The molecule has 1 heterocycles.